The van der Waals surface area contributed by atoms with Crippen molar-refractivity contribution in [1.82, 2.24) is 4.90 Å². The number of cyclic esters (lactones) is 1. The Morgan fingerprint density at radius 3 is 2.33 bits per heavy atom. The molecule has 2 aliphatic heterocycles. The molecule has 0 amide bonds. The standard InChI is InChI=1S/C34H59NO8/c1-15-21(3)33(10,38)17-16-27(36)20(2)19-34(11,39-14)29(24(6)28-25(7)30(37)43-32(8,9)42-28)41-31-23(5)26(35(12)13)18-22(4)40-31/h16-17,20-24,26,29,31,38H,15,18-19H2,1-14H3/b17-16+/t20-,21-,22?,23?,24+,26?,29-,31+,33+,34-/m1/s1. The second-order valence-electron chi connectivity index (χ2n) is 14.1. The van der Waals surface area contributed by atoms with Gasteiger partial charge in [-0.3, -0.25) is 4.79 Å². The quantitative estimate of drug-likeness (QED) is 0.198. The molecule has 43 heavy (non-hydrogen) atoms. The average molecular weight is 610 g/mol. The first-order valence-corrected chi connectivity index (χ1v) is 15.8. The highest BCUT2D eigenvalue weighted by Gasteiger charge is 2.49. The van der Waals surface area contributed by atoms with E-state index in [0.717, 1.165) is 12.8 Å². The summed E-state index contributed by atoms with van der Waals surface area (Å²) in [4.78, 5) is 28.4. The van der Waals surface area contributed by atoms with Gasteiger partial charge in [0.25, 0.3) is 0 Å². The van der Waals surface area contributed by atoms with Gasteiger partial charge in [0.15, 0.2) is 12.1 Å². The molecule has 0 radical (unpaired) electrons. The maximum absolute atomic E-state index is 13.4. The van der Waals surface area contributed by atoms with Crippen LogP contribution in [0.4, 0.5) is 0 Å². The molecule has 248 valence electrons. The molecular weight excluding hydrogens is 550 g/mol. The van der Waals surface area contributed by atoms with E-state index < -0.39 is 47.2 Å². The topological polar surface area (TPSA) is 104 Å². The van der Waals surface area contributed by atoms with Crippen LogP contribution < -0.4 is 0 Å². The van der Waals surface area contributed by atoms with E-state index in [4.69, 9.17) is 23.7 Å². The van der Waals surface area contributed by atoms with Gasteiger partial charge in [-0.1, -0.05) is 41.0 Å². The number of allylic oxidation sites excluding steroid dienone is 1. The van der Waals surface area contributed by atoms with Crippen molar-refractivity contribution in [2.24, 2.45) is 23.7 Å². The number of nitrogens with zero attached hydrogens (tertiary/aromatic N) is 1. The normalized spacial score (nSPS) is 30.2. The maximum Gasteiger partial charge on any atom is 0.340 e. The summed E-state index contributed by atoms with van der Waals surface area (Å²) in [6.45, 7) is 20.7. The van der Waals surface area contributed by atoms with E-state index in [1.165, 1.54) is 6.08 Å². The van der Waals surface area contributed by atoms with Crippen molar-refractivity contribution in [3.63, 3.8) is 0 Å². The second-order valence-corrected chi connectivity index (χ2v) is 14.1. The molecule has 9 nitrogen and oxygen atoms in total. The number of hydrogen-bond acceptors (Lipinski definition) is 9. The van der Waals surface area contributed by atoms with Crippen LogP contribution in [0, 0.1) is 23.7 Å². The summed E-state index contributed by atoms with van der Waals surface area (Å²) in [7, 11) is 5.74. The van der Waals surface area contributed by atoms with Gasteiger partial charge in [0.1, 0.15) is 5.76 Å². The molecule has 0 aromatic carbocycles. The highest BCUT2D eigenvalue weighted by atomic mass is 16.7. The first-order valence-electron chi connectivity index (χ1n) is 15.8. The van der Waals surface area contributed by atoms with Crippen LogP contribution in [0.3, 0.4) is 0 Å². The zero-order valence-electron chi connectivity index (χ0n) is 29.1. The molecule has 0 saturated carbocycles. The maximum atomic E-state index is 13.4. The van der Waals surface area contributed by atoms with Crippen LogP contribution in [-0.4, -0.2) is 84.5 Å². The van der Waals surface area contributed by atoms with E-state index in [9.17, 15) is 14.7 Å². The highest BCUT2D eigenvalue weighted by molar-refractivity contribution is 5.91. The minimum absolute atomic E-state index is 0.00328. The van der Waals surface area contributed by atoms with Crippen LogP contribution in [0.2, 0.25) is 0 Å². The zero-order chi connectivity index (χ0) is 33.1. The Balaban J connectivity index is 2.51. The van der Waals surface area contributed by atoms with Crippen LogP contribution in [-0.2, 0) is 33.3 Å². The lowest BCUT2D eigenvalue weighted by Gasteiger charge is -2.48. The molecule has 0 aromatic rings. The van der Waals surface area contributed by atoms with E-state index >= 15 is 0 Å². The third-order valence-electron chi connectivity index (χ3n) is 9.62. The number of ketones is 1. The van der Waals surface area contributed by atoms with Crippen molar-refractivity contribution >= 4 is 11.8 Å². The molecule has 0 aliphatic carbocycles. The third-order valence-corrected chi connectivity index (χ3v) is 9.62. The molecule has 1 fully saturated rings. The third kappa shape index (κ3) is 9.13. The second kappa shape index (κ2) is 14.5. The van der Waals surface area contributed by atoms with Crippen molar-refractivity contribution in [3.8, 4) is 0 Å². The van der Waals surface area contributed by atoms with Gasteiger partial charge in [0.2, 0.25) is 5.79 Å². The van der Waals surface area contributed by atoms with Gasteiger partial charge in [-0.2, -0.15) is 0 Å². The fraction of sp³-hybridized carbons (Fsp3) is 0.824. The lowest BCUT2D eigenvalue weighted by Crippen LogP contribution is -2.56. The van der Waals surface area contributed by atoms with Gasteiger partial charge in [-0.25, -0.2) is 4.79 Å². The van der Waals surface area contributed by atoms with Crippen LogP contribution in [0.15, 0.2) is 23.5 Å². The predicted octanol–water partition coefficient (Wildman–Crippen LogP) is 5.65. The summed E-state index contributed by atoms with van der Waals surface area (Å²) in [6, 6.07) is 0.239. The lowest BCUT2D eigenvalue weighted by molar-refractivity contribution is -0.284. The van der Waals surface area contributed by atoms with Gasteiger partial charge < -0.3 is 33.7 Å². The number of esters is 1. The summed E-state index contributed by atoms with van der Waals surface area (Å²) in [6.07, 6.45) is 3.82. The Bertz CT molecular complexity index is 1030. The van der Waals surface area contributed by atoms with Gasteiger partial charge in [0, 0.05) is 44.8 Å². The van der Waals surface area contributed by atoms with E-state index in [-0.39, 0.29) is 29.8 Å². The molecule has 0 bridgehead atoms. The zero-order valence-corrected chi connectivity index (χ0v) is 29.1. The number of ether oxygens (including phenoxy) is 5. The van der Waals surface area contributed by atoms with E-state index in [1.807, 2.05) is 41.5 Å². The Morgan fingerprint density at radius 1 is 1.19 bits per heavy atom. The number of carbonyl (C=O) groups is 2. The molecule has 2 heterocycles. The summed E-state index contributed by atoms with van der Waals surface area (Å²) in [5.41, 5.74) is -1.70. The minimum Gasteiger partial charge on any atom is -0.456 e. The van der Waals surface area contributed by atoms with Gasteiger partial charge in [-0.15, -0.1) is 0 Å². The van der Waals surface area contributed by atoms with Crippen LogP contribution >= 0.6 is 0 Å². The summed E-state index contributed by atoms with van der Waals surface area (Å²) < 4.78 is 31.2. The Hall–Kier alpha value is -1.78. The Labute approximate surface area is 260 Å². The largest absolute Gasteiger partial charge is 0.456 e. The van der Waals surface area contributed by atoms with Crippen molar-refractivity contribution in [3.05, 3.63) is 23.5 Å². The van der Waals surface area contributed by atoms with Crippen LogP contribution in [0.1, 0.15) is 95.4 Å². The molecule has 2 aliphatic rings. The lowest BCUT2D eigenvalue weighted by atomic mass is 9.79. The van der Waals surface area contributed by atoms with E-state index in [2.05, 4.69) is 25.9 Å². The number of aliphatic hydroxyl groups is 1. The molecule has 10 atom stereocenters. The number of hydrogen-bond donors (Lipinski definition) is 1. The SMILES string of the molecule is CC[C@@H](C)[C@@](C)(O)/C=C/C(=O)[C@H](C)C[C@@](C)(OC)[C@H](O[C@@H]1OC(C)CC(N(C)C)C1C)[C@@H](C)C1=C(C)C(=O)OC(C)(C)O1. The monoisotopic (exact) mass is 609 g/mol. The first kappa shape index (κ1) is 37.4. The number of methoxy groups -OCH3 is 1. The van der Waals surface area contributed by atoms with Crippen LogP contribution in [0.5, 0.6) is 0 Å². The molecule has 3 unspecified atom stereocenters. The molecule has 1 N–H and O–H groups in total. The minimum atomic E-state index is -1.14. The number of carbonyl (C=O) groups excluding carboxylic acids is 2. The Kier molecular flexibility index (Phi) is 12.7. The summed E-state index contributed by atoms with van der Waals surface area (Å²) in [5, 5.41) is 10.8. The van der Waals surface area contributed by atoms with E-state index in [1.54, 1.807) is 40.9 Å². The van der Waals surface area contributed by atoms with Crippen molar-refractivity contribution in [2.45, 2.75) is 137 Å². The molecule has 2 rings (SSSR count). The Morgan fingerprint density at radius 2 is 1.79 bits per heavy atom. The number of rotatable bonds is 14. The van der Waals surface area contributed by atoms with Crippen molar-refractivity contribution in [1.29, 1.82) is 0 Å². The molecule has 0 spiro atoms. The van der Waals surface area contributed by atoms with Crippen LogP contribution in [0.25, 0.3) is 0 Å². The molecular formula is C34H59NO8. The smallest absolute Gasteiger partial charge is 0.340 e. The first-order chi connectivity index (χ1) is 19.7. The average Bonchev–Trinajstić information content (AvgIpc) is 2.92. The molecule has 9 heteroatoms. The predicted molar refractivity (Wildman–Crippen MR) is 167 cm³/mol. The van der Waals surface area contributed by atoms with Gasteiger partial charge in [0.05, 0.1) is 29.0 Å². The van der Waals surface area contributed by atoms with Gasteiger partial charge >= 0.3 is 5.97 Å². The summed E-state index contributed by atoms with van der Waals surface area (Å²) >= 11 is 0. The van der Waals surface area contributed by atoms with Gasteiger partial charge in [-0.05, 0) is 72.7 Å². The fourth-order valence-electron chi connectivity index (χ4n) is 6.27. The molecule has 1 saturated heterocycles. The summed E-state index contributed by atoms with van der Waals surface area (Å²) in [5.74, 6) is -2.09. The van der Waals surface area contributed by atoms with Crippen molar-refractivity contribution in [2.75, 3.05) is 21.2 Å². The molecule has 0 aromatic heterocycles. The van der Waals surface area contributed by atoms with E-state index in [0.29, 0.717) is 17.8 Å². The van der Waals surface area contributed by atoms with Crippen molar-refractivity contribution < 1.29 is 38.4 Å². The highest BCUT2D eigenvalue weighted by Crippen LogP contribution is 2.41. The fourth-order valence-corrected chi connectivity index (χ4v) is 6.27.